The first-order valence-corrected chi connectivity index (χ1v) is 4.86. The molecular weight excluding hydrogens is 200 g/mol. The van der Waals surface area contributed by atoms with Gasteiger partial charge in [0.05, 0.1) is 7.11 Å². The number of rotatable bonds is 4. The van der Waals surface area contributed by atoms with Crippen molar-refractivity contribution in [2.24, 2.45) is 11.5 Å². The standard InChI is InChI=1S/C10H15ClN2O/c1-14-10-3-2-7(11)6-8(10)9(13)4-5-12/h2-3,6,9H,4-5,12-13H2,1H3/t9-/m1/s1. The number of nitrogens with two attached hydrogens (primary N) is 2. The molecule has 0 amide bonds. The summed E-state index contributed by atoms with van der Waals surface area (Å²) >= 11 is 5.88. The molecule has 0 aliphatic carbocycles. The predicted molar refractivity (Wildman–Crippen MR) is 58.6 cm³/mol. The Balaban J connectivity index is 2.97. The van der Waals surface area contributed by atoms with E-state index in [9.17, 15) is 0 Å². The molecule has 1 aromatic carbocycles. The number of hydrogen-bond donors (Lipinski definition) is 2. The summed E-state index contributed by atoms with van der Waals surface area (Å²) in [5.41, 5.74) is 12.3. The van der Waals surface area contributed by atoms with Crippen molar-refractivity contribution in [3.8, 4) is 5.75 Å². The van der Waals surface area contributed by atoms with Crippen LogP contribution in [0.25, 0.3) is 0 Å². The van der Waals surface area contributed by atoms with Crippen molar-refractivity contribution in [2.45, 2.75) is 12.5 Å². The molecule has 14 heavy (non-hydrogen) atoms. The first-order chi connectivity index (χ1) is 6.69. The molecule has 0 saturated heterocycles. The van der Waals surface area contributed by atoms with E-state index in [4.69, 9.17) is 27.8 Å². The highest BCUT2D eigenvalue weighted by Crippen LogP contribution is 2.28. The van der Waals surface area contributed by atoms with Gasteiger partial charge in [0.1, 0.15) is 5.75 Å². The van der Waals surface area contributed by atoms with Crippen molar-refractivity contribution in [3.63, 3.8) is 0 Å². The smallest absolute Gasteiger partial charge is 0.123 e. The average molecular weight is 215 g/mol. The molecule has 0 radical (unpaired) electrons. The quantitative estimate of drug-likeness (QED) is 0.802. The molecule has 4 heteroatoms. The van der Waals surface area contributed by atoms with Crippen LogP contribution in [0.15, 0.2) is 18.2 Å². The minimum Gasteiger partial charge on any atom is -0.496 e. The van der Waals surface area contributed by atoms with Gasteiger partial charge in [-0.05, 0) is 31.2 Å². The van der Waals surface area contributed by atoms with Crippen LogP contribution in [0.5, 0.6) is 5.75 Å². The minimum atomic E-state index is -0.117. The van der Waals surface area contributed by atoms with Gasteiger partial charge in [-0.25, -0.2) is 0 Å². The summed E-state index contributed by atoms with van der Waals surface area (Å²) in [5.74, 6) is 0.760. The predicted octanol–water partition coefficient (Wildman–Crippen LogP) is 1.70. The molecule has 1 aromatic rings. The van der Waals surface area contributed by atoms with Crippen LogP contribution in [0.2, 0.25) is 5.02 Å². The number of benzene rings is 1. The van der Waals surface area contributed by atoms with Crippen molar-refractivity contribution >= 4 is 11.6 Å². The summed E-state index contributed by atoms with van der Waals surface area (Å²) in [6, 6.07) is 5.29. The number of methoxy groups -OCH3 is 1. The first kappa shape index (κ1) is 11.3. The van der Waals surface area contributed by atoms with Crippen LogP contribution in [-0.2, 0) is 0 Å². The maximum atomic E-state index is 5.93. The Hall–Kier alpha value is -0.770. The lowest BCUT2D eigenvalue weighted by Gasteiger charge is -2.15. The monoisotopic (exact) mass is 214 g/mol. The molecule has 3 nitrogen and oxygen atoms in total. The Labute approximate surface area is 89.0 Å². The second-order valence-electron chi connectivity index (χ2n) is 3.07. The fourth-order valence-corrected chi connectivity index (χ4v) is 1.51. The third-order valence-corrected chi connectivity index (χ3v) is 2.30. The van der Waals surface area contributed by atoms with Gasteiger partial charge in [0, 0.05) is 16.6 Å². The van der Waals surface area contributed by atoms with Gasteiger partial charge in [-0.3, -0.25) is 0 Å². The molecule has 1 atom stereocenters. The first-order valence-electron chi connectivity index (χ1n) is 4.48. The normalized spacial score (nSPS) is 12.6. The van der Waals surface area contributed by atoms with Crippen LogP contribution in [0.4, 0.5) is 0 Å². The Morgan fingerprint density at radius 3 is 2.79 bits per heavy atom. The van der Waals surface area contributed by atoms with E-state index in [1.807, 2.05) is 12.1 Å². The van der Waals surface area contributed by atoms with Crippen LogP contribution < -0.4 is 16.2 Å². The molecule has 1 rings (SSSR count). The zero-order valence-electron chi connectivity index (χ0n) is 8.16. The summed E-state index contributed by atoms with van der Waals surface area (Å²) < 4.78 is 5.19. The van der Waals surface area contributed by atoms with E-state index in [2.05, 4.69) is 0 Å². The van der Waals surface area contributed by atoms with Crippen molar-refractivity contribution in [2.75, 3.05) is 13.7 Å². The van der Waals surface area contributed by atoms with E-state index in [1.54, 1.807) is 13.2 Å². The molecule has 0 spiro atoms. The average Bonchev–Trinajstić information content (AvgIpc) is 2.18. The van der Waals surface area contributed by atoms with Gasteiger partial charge >= 0.3 is 0 Å². The van der Waals surface area contributed by atoms with E-state index in [1.165, 1.54) is 0 Å². The second kappa shape index (κ2) is 5.20. The van der Waals surface area contributed by atoms with Gasteiger partial charge in [-0.2, -0.15) is 0 Å². The summed E-state index contributed by atoms with van der Waals surface area (Å²) in [5, 5.41) is 0.660. The maximum Gasteiger partial charge on any atom is 0.123 e. The molecule has 0 aromatic heterocycles. The molecule has 0 heterocycles. The second-order valence-corrected chi connectivity index (χ2v) is 3.51. The molecule has 0 bridgehead atoms. The molecule has 4 N–H and O–H groups in total. The molecule has 0 unspecified atom stereocenters. The van der Waals surface area contributed by atoms with Crippen LogP contribution in [0, 0.1) is 0 Å². The Bertz CT molecular complexity index is 304. The van der Waals surface area contributed by atoms with E-state index in [0.29, 0.717) is 11.6 Å². The van der Waals surface area contributed by atoms with Crippen LogP contribution in [0.3, 0.4) is 0 Å². The molecule has 0 aliphatic heterocycles. The highest BCUT2D eigenvalue weighted by atomic mass is 35.5. The van der Waals surface area contributed by atoms with Crippen molar-refractivity contribution in [1.82, 2.24) is 0 Å². The van der Waals surface area contributed by atoms with Gasteiger partial charge in [0.25, 0.3) is 0 Å². The third-order valence-electron chi connectivity index (χ3n) is 2.07. The summed E-state index contributed by atoms with van der Waals surface area (Å²) in [7, 11) is 1.61. The Morgan fingerprint density at radius 1 is 1.50 bits per heavy atom. The van der Waals surface area contributed by atoms with Gasteiger partial charge in [-0.15, -0.1) is 0 Å². The Kier molecular flexibility index (Phi) is 4.20. The highest BCUT2D eigenvalue weighted by Gasteiger charge is 2.11. The van der Waals surface area contributed by atoms with Gasteiger partial charge in [0.15, 0.2) is 0 Å². The van der Waals surface area contributed by atoms with Crippen LogP contribution in [0.1, 0.15) is 18.0 Å². The van der Waals surface area contributed by atoms with Gasteiger partial charge in [0.2, 0.25) is 0 Å². The lowest BCUT2D eigenvalue weighted by molar-refractivity contribution is 0.404. The maximum absolute atomic E-state index is 5.93. The van der Waals surface area contributed by atoms with Gasteiger partial charge in [-0.1, -0.05) is 11.6 Å². The van der Waals surface area contributed by atoms with E-state index < -0.39 is 0 Å². The number of ether oxygens (including phenoxy) is 1. The van der Waals surface area contributed by atoms with Crippen molar-refractivity contribution in [1.29, 1.82) is 0 Å². The molecular formula is C10H15ClN2O. The van der Waals surface area contributed by atoms with Crippen molar-refractivity contribution in [3.05, 3.63) is 28.8 Å². The highest BCUT2D eigenvalue weighted by molar-refractivity contribution is 6.30. The van der Waals surface area contributed by atoms with Crippen molar-refractivity contribution < 1.29 is 4.74 Å². The summed E-state index contributed by atoms with van der Waals surface area (Å²) in [6.07, 6.45) is 0.719. The largest absolute Gasteiger partial charge is 0.496 e. The molecule has 0 fully saturated rings. The third kappa shape index (κ3) is 2.61. The van der Waals surface area contributed by atoms with E-state index >= 15 is 0 Å². The summed E-state index contributed by atoms with van der Waals surface area (Å²) in [4.78, 5) is 0. The topological polar surface area (TPSA) is 61.3 Å². The lowest BCUT2D eigenvalue weighted by Crippen LogP contribution is -2.16. The fourth-order valence-electron chi connectivity index (χ4n) is 1.33. The zero-order chi connectivity index (χ0) is 10.6. The van der Waals surface area contributed by atoms with Crippen LogP contribution in [-0.4, -0.2) is 13.7 Å². The number of hydrogen-bond acceptors (Lipinski definition) is 3. The molecule has 78 valence electrons. The van der Waals surface area contributed by atoms with Crippen LogP contribution >= 0.6 is 11.6 Å². The Morgan fingerprint density at radius 2 is 2.21 bits per heavy atom. The lowest BCUT2D eigenvalue weighted by atomic mass is 10.0. The SMILES string of the molecule is COc1ccc(Cl)cc1[C@H](N)CCN. The molecule has 0 aliphatic rings. The number of halogens is 1. The molecule has 0 saturated carbocycles. The van der Waals surface area contributed by atoms with Gasteiger partial charge < -0.3 is 16.2 Å². The van der Waals surface area contributed by atoms with E-state index in [-0.39, 0.29) is 6.04 Å². The minimum absolute atomic E-state index is 0.117. The zero-order valence-corrected chi connectivity index (χ0v) is 8.92. The van der Waals surface area contributed by atoms with E-state index in [0.717, 1.165) is 17.7 Å². The summed E-state index contributed by atoms with van der Waals surface area (Å²) in [6.45, 7) is 0.552. The fraction of sp³-hybridized carbons (Fsp3) is 0.400.